The normalized spacial score (nSPS) is 35.9. The van der Waals surface area contributed by atoms with Crippen LogP contribution in [0.25, 0.3) is 0 Å². The predicted octanol–water partition coefficient (Wildman–Crippen LogP) is 2.78. The molecule has 1 saturated heterocycles. The number of hydrogen-bond acceptors (Lipinski definition) is 3. The first-order valence-corrected chi connectivity index (χ1v) is 7.70. The van der Waals surface area contributed by atoms with Gasteiger partial charge >= 0.3 is 5.97 Å². The Morgan fingerprint density at radius 3 is 2.95 bits per heavy atom. The maximum absolute atomic E-state index is 12.6. The van der Waals surface area contributed by atoms with Crippen LogP contribution in [0.2, 0.25) is 5.02 Å². The van der Waals surface area contributed by atoms with Crippen LogP contribution in [0.1, 0.15) is 18.4 Å². The molecule has 1 amide bonds. The Morgan fingerprint density at radius 1 is 1.38 bits per heavy atom. The van der Waals surface area contributed by atoms with Gasteiger partial charge in [0.05, 0.1) is 11.8 Å². The van der Waals surface area contributed by atoms with Crippen molar-refractivity contribution >= 4 is 29.2 Å². The Hall–Kier alpha value is -1.55. The van der Waals surface area contributed by atoms with E-state index in [-0.39, 0.29) is 41.7 Å². The van der Waals surface area contributed by atoms with E-state index in [0.29, 0.717) is 10.7 Å². The minimum Gasteiger partial charge on any atom is -0.462 e. The van der Waals surface area contributed by atoms with Gasteiger partial charge in [-0.3, -0.25) is 9.59 Å². The van der Waals surface area contributed by atoms with Crippen LogP contribution in [0.3, 0.4) is 0 Å². The van der Waals surface area contributed by atoms with Gasteiger partial charge in [-0.1, -0.05) is 17.7 Å². The molecule has 0 aromatic heterocycles. The molecule has 0 radical (unpaired) electrons. The standard InChI is InChI=1S/C16H16ClNO3/c1-7-2-3-9(6-11(7)17)18-15(19)13-8-4-10-12(5-8)21-16(20)14(10)13/h2-3,6,8,10,12-14H,4-5H2,1H3,(H,18,19)/t8-,10+,12-,13+,14+/m0/s1. The molecule has 4 nitrogen and oxygen atoms in total. The molecule has 5 heteroatoms. The molecule has 4 rings (SSSR count). The van der Waals surface area contributed by atoms with Gasteiger partial charge in [0.15, 0.2) is 0 Å². The van der Waals surface area contributed by atoms with Crippen molar-refractivity contribution in [2.24, 2.45) is 23.7 Å². The minimum atomic E-state index is -0.249. The number of hydrogen-bond donors (Lipinski definition) is 1. The average molecular weight is 306 g/mol. The Bertz CT molecular complexity index is 642. The summed E-state index contributed by atoms with van der Waals surface area (Å²) >= 11 is 6.08. The summed E-state index contributed by atoms with van der Waals surface area (Å²) in [6.45, 7) is 1.92. The van der Waals surface area contributed by atoms with E-state index in [1.165, 1.54) is 0 Å². The van der Waals surface area contributed by atoms with Gasteiger partial charge in [0.1, 0.15) is 6.10 Å². The predicted molar refractivity (Wildman–Crippen MR) is 77.9 cm³/mol. The molecule has 2 saturated carbocycles. The molecule has 1 aliphatic heterocycles. The zero-order valence-electron chi connectivity index (χ0n) is 11.6. The summed E-state index contributed by atoms with van der Waals surface area (Å²) in [5.41, 5.74) is 1.65. The molecule has 21 heavy (non-hydrogen) atoms. The Kier molecular flexibility index (Phi) is 2.80. The van der Waals surface area contributed by atoms with Crippen LogP contribution in [-0.4, -0.2) is 18.0 Å². The average Bonchev–Trinajstić information content (AvgIpc) is 3.04. The van der Waals surface area contributed by atoms with Crippen molar-refractivity contribution < 1.29 is 14.3 Å². The fraction of sp³-hybridized carbons (Fsp3) is 0.500. The van der Waals surface area contributed by atoms with E-state index in [1.54, 1.807) is 6.07 Å². The molecule has 0 unspecified atom stereocenters. The molecule has 1 aromatic rings. The lowest BCUT2D eigenvalue weighted by Crippen LogP contribution is -2.35. The van der Waals surface area contributed by atoms with Gasteiger partial charge in [0.2, 0.25) is 5.91 Å². The van der Waals surface area contributed by atoms with E-state index in [0.717, 1.165) is 18.4 Å². The smallest absolute Gasteiger partial charge is 0.310 e. The number of amides is 1. The zero-order valence-corrected chi connectivity index (χ0v) is 12.4. The molecule has 2 bridgehead atoms. The first-order valence-electron chi connectivity index (χ1n) is 7.32. The van der Waals surface area contributed by atoms with E-state index in [1.807, 2.05) is 19.1 Å². The van der Waals surface area contributed by atoms with E-state index in [4.69, 9.17) is 16.3 Å². The number of carbonyl (C=O) groups is 2. The highest BCUT2D eigenvalue weighted by Gasteiger charge is 2.63. The summed E-state index contributed by atoms with van der Waals surface area (Å²) in [5.74, 6) is -0.231. The van der Waals surface area contributed by atoms with E-state index in [2.05, 4.69) is 5.32 Å². The van der Waals surface area contributed by atoms with Gasteiger partial charge in [-0.2, -0.15) is 0 Å². The van der Waals surface area contributed by atoms with Gasteiger partial charge in [-0.15, -0.1) is 0 Å². The Labute approximate surface area is 127 Å². The monoisotopic (exact) mass is 305 g/mol. The van der Waals surface area contributed by atoms with E-state index >= 15 is 0 Å². The van der Waals surface area contributed by atoms with Gasteiger partial charge < -0.3 is 10.1 Å². The fourth-order valence-corrected chi connectivity index (χ4v) is 4.44. The van der Waals surface area contributed by atoms with Gasteiger partial charge in [0.25, 0.3) is 0 Å². The summed E-state index contributed by atoms with van der Waals surface area (Å²) < 4.78 is 5.36. The van der Waals surface area contributed by atoms with Crippen LogP contribution >= 0.6 is 11.6 Å². The zero-order chi connectivity index (χ0) is 14.7. The van der Waals surface area contributed by atoms with E-state index < -0.39 is 0 Å². The molecule has 1 heterocycles. The fourth-order valence-electron chi connectivity index (χ4n) is 4.26. The SMILES string of the molecule is Cc1ccc(NC(=O)[C@@H]2[C@H]3C[C@H]4[C@H]2C(=O)O[C@H]4C3)cc1Cl. The molecule has 0 spiro atoms. The second-order valence-corrected chi connectivity index (χ2v) is 6.78. The van der Waals surface area contributed by atoms with Gasteiger partial charge in [-0.05, 0) is 43.4 Å². The number of nitrogens with one attached hydrogen (secondary N) is 1. The summed E-state index contributed by atoms with van der Waals surface area (Å²) in [6, 6.07) is 5.46. The van der Waals surface area contributed by atoms with Crippen LogP contribution in [0.5, 0.6) is 0 Å². The first kappa shape index (κ1) is 13.1. The highest BCUT2D eigenvalue weighted by molar-refractivity contribution is 6.31. The number of benzene rings is 1. The Balaban J connectivity index is 1.55. The maximum Gasteiger partial charge on any atom is 0.310 e. The maximum atomic E-state index is 12.6. The molecular weight excluding hydrogens is 290 g/mol. The van der Waals surface area contributed by atoms with Crippen molar-refractivity contribution in [3.05, 3.63) is 28.8 Å². The van der Waals surface area contributed by atoms with Crippen LogP contribution in [0.4, 0.5) is 5.69 Å². The number of ether oxygens (including phenoxy) is 1. The van der Waals surface area contributed by atoms with Crippen LogP contribution in [0.15, 0.2) is 18.2 Å². The molecule has 5 atom stereocenters. The molecular formula is C16H16ClNO3. The molecule has 1 N–H and O–H groups in total. The van der Waals surface area contributed by atoms with Crippen molar-refractivity contribution in [3.8, 4) is 0 Å². The van der Waals surface area contributed by atoms with Crippen molar-refractivity contribution in [1.29, 1.82) is 0 Å². The molecule has 3 fully saturated rings. The third kappa shape index (κ3) is 1.89. The minimum absolute atomic E-state index is 0.0605. The number of aryl methyl sites for hydroxylation is 1. The summed E-state index contributed by atoms with van der Waals surface area (Å²) in [6.07, 6.45) is 1.83. The van der Waals surface area contributed by atoms with Crippen LogP contribution < -0.4 is 5.32 Å². The molecule has 2 aliphatic carbocycles. The van der Waals surface area contributed by atoms with Crippen LogP contribution in [0, 0.1) is 30.6 Å². The van der Waals surface area contributed by atoms with Crippen molar-refractivity contribution in [2.45, 2.75) is 25.9 Å². The third-order valence-corrected chi connectivity index (χ3v) is 5.63. The van der Waals surface area contributed by atoms with Gasteiger partial charge in [0, 0.05) is 16.6 Å². The number of halogens is 1. The lowest BCUT2D eigenvalue weighted by atomic mass is 9.79. The third-order valence-electron chi connectivity index (χ3n) is 5.23. The number of rotatable bonds is 2. The lowest BCUT2D eigenvalue weighted by Gasteiger charge is -2.23. The first-order chi connectivity index (χ1) is 10.0. The molecule has 3 aliphatic rings. The van der Waals surface area contributed by atoms with Crippen molar-refractivity contribution in [2.75, 3.05) is 5.32 Å². The van der Waals surface area contributed by atoms with Crippen molar-refractivity contribution in [1.82, 2.24) is 0 Å². The highest BCUT2D eigenvalue weighted by atomic mass is 35.5. The highest BCUT2D eigenvalue weighted by Crippen LogP contribution is 2.57. The second-order valence-electron chi connectivity index (χ2n) is 6.38. The number of anilines is 1. The van der Waals surface area contributed by atoms with E-state index in [9.17, 15) is 9.59 Å². The Morgan fingerprint density at radius 2 is 2.19 bits per heavy atom. The summed E-state index contributed by atoms with van der Waals surface area (Å²) in [7, 11) is 0. The number of carbonyl (C=O) groups excluding carboxylic acids is 2. The molecule has 1 aromatic carbocycles. The largest absolute Gasteiger partial charge is 0.462 e. The van der Waals surface area contributed by atoms with Crippen molar-refractivity contribution in [3.63, 3.8) is 0 Å². The lowest BCUT2D eigenvalue weighted by molar-refractivity contribution is -0.145. The van der Waals surface area contributed by atoms with Crippen LogP contribution in [-0.2, 0) is 14.3 Å². The number of esters is 1. The summed E-state index contributed by atoms with van der Waals surface area (Å²) in [5, 5.41) is 3.53. The molecule has 110 valence electrons. The number of fused-ring (bicyclic) bond motifs is 1. The quantitative estimate of drug-likeness (QED) is 0.855. The summed E-state index contributed by atoms with van der Waals surface area (Å²) in [4.78, 5) is 24.5. The topological polar surface area (TPSA) is 55.4 Å². The van der Waals surface area contributed by atoms with Gasteiger partial charge in [-0.25, -0.2) is 0 Å². The second kappa shape index (κ2) is 4.47.